The molecule has 8 heteroatoms. The number of nitrogens with zero attached hydrogens (tertiary/aromatic N) is 4. The SMILES string of the molecule is Cc1cc(C)cc(Oc2ncnc(Sc3cccc4cccnc34)c2[N+](=O)[O-])c1. The fourth-order valence-electron chi connectivity index (χ4n) is 3.02. The van der Waals surface area contributed by atoms with Crippen LogP contribution in [0.3, 0.4) is 0 Å². The summed E-state index contributed by atoms with van der Waals surface area (Å²) in [6.07, 6.45) is 2.96. The predicted molar refractivity (Wildman–Crippen MR) is 111 cm³/mol. The lowest BCUT2D eigenvalue weighted by Gasteiger charge is -2.09. The molecule has 0 saturated carbocycles. The Balaban J connectivity index is 1.76. The van der Waals surface area contributed by atoms with E-state index in [2.05, 4.69) is 15.0 Å². The Morgan fingerprint density at radius 2 is 1.76 bits per heavy atom. The lowest BCUT2D eigenvalue weighted by molar-refractivity contribution is -0.389. The molecule has 4 aromatic rings. The molecule has 0 aliphatic rings. The molecule has 29 heavy (non-hydrogen) atoms. The molecule has 0 aliphatic heterocycles. The van der Waals surface area contributed by atoms with Crippen molar-refractivity contribution in [3.8, 4) is 11.6 Å². The van der Waals surface area contributed by atoms with E-state index in [0.717, 1.165) is 26.9 Å². The summed E-state index contributed by atoms with van der Waals surface area (Å²) in [4.78, 5) is 24.6. The van der Waals surface area contributed by atoms with Gasteiger partial charge in [-0.25, -0.2) is 4.98 Å². The fraction of sp³-hybridized carbons (Fsp3) is 0.0952. The molecule has 0 saturated heterocycles. The maximum absolute atomic E-state index is 11.8. The fourth-order valence-corrected chi connectivity index (χ4v) is 4.00. The number of fused-ring (bicyclic) bond motifs is 1. The molecule has 0 atom stereocenters. The topological polar surface area (TPSA) is 91.0 Å². The van der Waals surface area contributed by atoms with E-state index in [1.807, 2.05) is 50.2 Å². The van der Waals surface area contributed by atoms with Gasteiger partial charge >= 0.3 is 11.6 Å². The summed E-state index contributed by atoms with van der Waals surface area (Å²) in [7, 11) is 0. The summed E-state index contributed by atoms with van der Waals surface area (Å²) in [6.45, 7) is 3.87. The van der Waals surface area contributed by atoms with Crippen LogP contribution in [0.2, 0.25) is 0 Å². The van der Waals surface area contributed by atoms with Gasteiger partial charge in [-0.05, 0) is 49.2 Å². The molecule has 0 unspecified atom stereocenters. The van der Waals surface area contributed by atoms with Crippen LogP contribution in [0.4, 0.5) is 5.69 Å². The number of hydrogen-bond donors (Lipinski definition) is 0. The van der Waals surface area contributed by atoms with Gasteiger partial charge in [-0.2, -0.15) is 4.98 Å². The molecule has 2 aromatic heterocycles. The molecule has 0 fully saturated rings. The summed E-state index contributed by atoms with van der Waals surface area (Å²) >= 11 is 1.17. The Kier molecular flexibility index (Phi) is 5.09. The summed E-state index contributed by atoms with van der Waals surface area (Å²) in [5, 5.41) is 13.0. The van der Waals surface area contributed by atoms with E-state index < -0.39 is 4.92 Å². The third kappa shape index (κ3) is 4.02. The van der Waals surface area contributed by atoms with E-state index in [0.29, 0.717) is 5.75 Å². The first-order valence-corrected chi connectivity index (χ1v) is 9.60. The van der Waals surface area contributed by atoms with E-state index in [-0.39, 0.29) is 16.6 Å². The van der Waals surface area contributed by atoms with Crippen molar-refractivity contribution in [2.45, 2.75) is 23.8 Å². The summed E-state index contributed by atoms with van der Waals surface area (Å²) in [5.74, 6) is 0.401. The van der Waals surface area contributed by atoms with E-state index in [1.54, 1.807) is 18.3 Å². The van der Waals surface area contributed by atoms with E-state index in [4.69, 9.17) is 4.74 Å². The highest BCUT2D eigenvalue weighted by atomic mass is 32.2. The minimum absolute atomic E-state index is 0.0919. The number of ether oxygens (including phenoxy) is 1. The van der Waals surface area contributed by atoms with Gasteiger partial charge < -0.3 is 4.74 Å². The Bertz CT molecular complexity index is 1200. The Labute approximate surface area is 171 Å². The minimum atomic E-state index is -0.515. The van der Waals surface area contributed by atoms with Crippen molar-refractivity contribution < 1.29 is 9.66 Å². The number of aromatic nitrogens is 3. The second-order valence-corrected chi connectivity index (χ2v) is 7.48. The monoisotopic (exact) mass is 404 g/mol. The number of pyridine rings is 1. The predicted octanol–water partition coefficient (Wildman–Crippen LogP) is 5.49. The largest absolute Gasteiger partial charge is 0.434 e. The van der Waals surface area contributed by atoms with Gasteiger partial charge in [0.2, 0.25) is 0 Å². The molecule has 0 bridgehead atoms. The number of rotatable bonds is 5. The molecule has 2 aromatic carbocycles. The second kappa shape index (κ2) is 7.84. The highest BCUT2D eigenvalue weighted by Crippen LogP contribution is 2.40. The molecule has 7 nitrogen and oxygen atoms in total. The van der Waals surface area contributed by atoms with Crippen molar-refractivity contribution >= 4 is 28.4 Å². The van der Waals surface area contributed by atoms with Crippen LogP contribution in [0.15, 0.2) is 71.0 Å². The van der Waals surface area contributed by atoms with E-state index in [9.17, 15) is 10.1 Å². The van der Waals surface area contributed by atoms with Crippen LogP contribution in [0.1, 0.15) is 11.1 Å². The maximum atomic E-state index is 11.8. The van der Waals surface area contributed by atoms with Gasteiger partial charge in [0, 0.05) is 16.5 Å². The molecular weight excluding hydrogens is 388 g/mol. The lowest BCUT2D eigenvalue weighted by atomic mass is 10.1. The zero-order valence-corrected chi connectivity index (χ0v) is 16.5. The maximum Gasteiger partial charge on any atom is 0.363 e. The van der Waals surface area contributed by atoms with Gasteiger partial charge in [-0.3, -0.25) is 15.1 Å². The molecule has 2 heterocycles. The van der Waals surface area contributed by atoms with Gasteiger partial charge in [-0.1, -0.05) is 36.0 Å². The first-order valence-electron chi connectivity index (χ1n) is 8.78. The molecule has 144 valence electrons. The molecule has 4 rings (SSSR count). The Morgan fingerprint density at radius 3 is 2.52 bits per heavy atom. The molecule has 0 N–H and O–H groups in total. The van der Waals surface area contributed by atoms with Crippen molar-refractivity contribution in [2.24, 2.45) is 0 Å². The zero-order valence-electron chi connectivity index (χ0n) is 15.7. The van der Waals surface area contributed by atoms with Crippen LogP contribution in [0, 0.1) is 24.0 Å². The van der Waals surface area contributed by atoms with Crippen molar-refractivity contribution in [2.75, 3.05) is 0 Å². The van der Waals surface area contributed by atoms with Crippen LogP contribution in [0.25, 0.3) is 10.9 Å². The lowest BCUT2D eigenvalue weighted by Crippen LogP contribution is -2.00. The normalized spacial score (nSPS) is 10.8. The van der Waals surface area contributed by atoms with E-state index in [1.165, 1.54) is 18.1 Å². The van der Waals surface area contributed by atoms with Gasteiger partial charge in [0.05, 0.1) is 10.4 Å². The third-order valence-electron chi connectivity index (χ3n) is 4.15. The average molecular weight is 404 g/mol. The number of para-hydroxylation sites is 1. The smallest absolute Gasteiger partial charge is 0.363 e. The van der Waals surface area contributed by atoms with Gasteiger partial charge in [0.15, 0.2) is 5.03 Å². The highest BCUT2D eigenvalue weighted by molar-refractivity contribution is 7.99. The summed E-state index contributed by atoms with van der Waals surface area (Å²) < 4.78 is 5.78. The quantitative estimate of drug-likeness (QED) is 0.247. The second-order valence-electron chi connectivity index (χ2n) is 6.45. The van der Waals surface area contributed by atoms with Gasteiger partial charge in [0.1, 0.15) is 12.1 Å². The van der Waals surface area contributed by atoms with Crippen LogP contribution in [-0.4, -0.2) is 19.9 Å². The van der Waals surface area contributed by atoms with Crippen molar-refractivity contribution in [3.05, 3.63) is 82.3 Å². The highest BCUT2D eigenvalue weighted by Gasteiger charge is 2.26. The van der Waals surface area contributed by atoms with Crippen molar-refractivity contribution in [3.63, 3.8) is 0 Å². The first kappa shape index (κ1) is 18.8. The summed E-state index contributed by atoms with van der Waals surface area (Å²) in [5.41, 5.74) is 2.47. The number of hydrogen-bond acceptors (Lipinski definition) is 7. The zero-order chi connectivity index (χ0) is 20.4. The van der Waals surface area contributed by atoms with Crippen LogP contribution in [0.5, 0.6) is 11.6 Å². The number of aryl methyl sites for hydroxylation is 2. The van der Waals surface area contributed by atoms with Gasteiger partial charge in [0.25, 0.3) is 0 Å². The third-order valence-corrected chi connectivity index (χ3v) is 5.19. The molecule has 0 spiro atoms. The van der Waals surface area contributed by atoms with Crippen LogP contribution < -0.4 is 4.74 Å². The van der Waals surface area contributed by atoms with E-state index >= 15 is 0 Å². The molecule has 0 radical (unpaired) electrons. The van der Waals surface area contributed by atoms with Gasteiger partial charge in [-0.15, -0.1) is 0 Å². The van der Waals surface area contributed by atoms with Crippen molar-refractivity contribution in [1.82, 2.24) is 15.0 Å². The summed E-state index contributed by atoms with van der Waals surface area (Å²) in [6, 6.07) is 15.1. The van der Waals surface area contributed by atoms with Crippen LogP contribution >= 0.6 is 11.8 Å². The molecule has 0 amide bonds. The average Bonchev–Trinajstić information content (AvgIpc) is 2.67. The number of nitro groups is 1. The minimum Gasteiger partial charge on any atom is -0.434 e. The Morgan fingerprint density at radius 1 is 1.00 bits per heavy atom. The first-order chi connectivity index (χ1) is 14.0. The number of benzene rings is 2. The molecule has 0 aliphatic carbocycles. The molecular formula is C21H16N4O3S. The van der Waals surface area contributed by atoms with Crippen LogP contribution in [-0.2, 0) is 0 Å². The van der Waals surface area contributed by atoms with Crippen molar-refractivity contribution in [1.29, 1.82) is 0 Å². The standard InChI is InChI=1S/C21H16N4O3S/c1-13-9-14(2)11-16(10-13)28-20-19(25(26)27)21(24-12-23-20)29-17-7-3-5-15-6-4-8-22-18(15)17/h3-12H,1-2H3. The Hall–Kier alpha value is -3.52.